The Bertz CT molecular complexity index is 389. The van der Waals surface area contributed by atoms with E-state index in [1.165, 1.54) is 6.07 Å². The van der Waals surface area contributed by atoms with Gasteiger partial charge in [0.1, 0.15) is 0 Å². The molecule has 1 N–H and O–H groups in total. The molecular weight excluding hydrogens is 255 g/mol. The minimum Gasteiger partial charge on any atom is -0.393 e. The summed E-state index contributed by atoms with van der Waals surface area (Å²) in [5, 5.41) is 9.48. The second-order valence-corrected chi connectivity index (χ2v) is 4.11. The molecule has 1 nitrogen and oxygen atoms in total. The summed E-state index contributed by atoms with van der Waals surface area (Å²) in [7, 11) is 0. The lowest BCUT2D eigenvalue weighted by Gasteiger charge is -2.11. The first kappa shape index (κ1) is 14.9. The summed E-state index contributed by atoms with van der Waals surface area (Å²) in [6, 6.07) is 3.15. The van der Waals surface area contributed by atoms with E-state index in [1.807, 2.05) is 0 Å². The van der Waals surface area contributed by atoms with Gasteiger partial charge in [-0.2, -0.15) is 13.2 Å². The van der Waals surface area contributed by atoms with Gasteiger partial charge in [0.15, 0.2) is 11.6 Å². The van der Waals surface area contributed by atoms with Gasteiger partial charge in [0.25, 0.3) is 0 Å². The quantitative estimate of drug-likeness (QED) is 0.809. The molecule has 6 heteroatoms. The first-order valence-electron chi connectivity index (χ1n) is 5.46. The minimum atomic E-state index is -4.23. The van der Waals surface area contributed by atoms with Crippen molar-refractivity contribution < 1.29 is 27.1 Å². The van der Waals surface area contributed by atoms with Crippen LogP contribution >= 0.6 is 0 Å². The molecule has 0 amide bonds. The predicted molar refractivity (Wildman–Crippen MR) is 56.0 cm³/mol. The molecule has 0 saturated heterocycles. The number of hydrogen-bond donors (Lipinski definition) is 1. The van der Waals surface area contributed by atoms with E-state index in [0.29, 0.717) is 5.56 Å². The molecule has 102 valence electrons. The first-order valence-corrected chi connectivity index (χ1v) is 5.46. The van der Waals surface area contributed by atoms with Gasteiger partial charge in [-0.1, -0.05) is 6.07 Å². The van der Waals surface area contributed by atoms with Crippen molar-refractivity contribution in [2.24, 2.45) is 0 Å². The summed E-state index contributed by atoms with van der Waals surface area (Å²) in [6.45, 7) is 0. The van der Waals surface area contributed by atoms with Crippen LogP contribution in [0.5, 0.6) is 0 Å². The van der Waals surface area contributed by atoms with E-state index in [-0.39, 0.29) is 19.3 Å². The van der Waals surface area contributed by atoms with Gasteiger partial charge in [-0.3, -0.25) is 0 Å². The highest BCUT2D eigenvalue weighted by Gasteiger charge is 2.26. The minimum absolute atomic E-state index is 0.00899. The van der Waals surface area contributed by atoms with Crippen LogP contribution in [-0.2, 0) is 6.42 Å². The third-order valence-electron chi connectivity index (χ3n) is 2.45. The second-order valence-electron chi connectivity index (χ2n) is 4.11. The molecule has 0 spiro atoms. The fraction of sp³-hybridized carbons (Fsp3) is 0.500. The van der Waals surface area contributed by atoms with E-state index in [4.69, 9.17) is 0 Å². The maximum Gasteiger partial charge on any atom is 0.389 e. The van der Waals surface area contributed by atoms with Crippen LogP contribution in [0.1, 0.15) is 24.8 Å². The largest absolute Gasteiger partial charge is 0.393 e. The molecule has 18 heavy (non-hydrogen) atoms. The second kappa shape index (κ2) is 6.13. The molecule has 1 atom stereocenters. The van der Waals surface area contributed by atoms with E-state index in [9.17, 15) is 27.1 Å². The van der Waals surface area contributed by atoms with E-state index in [1.54, 1.807) is 0 Å². The van der Waals surface area contributed by atoms with E-state index >= 15 is 0 Å². The van der Waals surface area contributed by atoms with Gasteiger partial charge >= 0.3 is 6.18 Å². The SMILES string of the molecule is OC(CCCC(F)(F)F)Cc1ccc(F)c(F)c1. The number of alkyl halides is 3. The Balaban J connectivity index is 2.40. The highest BCUT2D eigenvalue weighted by molar-refractivity contribution is 5.18. The monoisotopic (exact) mass is 268 g/mol. The third-order valence-corrected chi connectivity index (χ3v) is 2.45. The maximum atomic E-state index is 12.8. The molecule has 1 aromatic rings. The molecule has 0 aromatic heterocycles. The number of aliphatic hydroxyl groups is 1. The summed E-state index contributed by atoms with van der Waals surface area (Å²) < 4.78 is 61.0. The average Bonchev–Trinajstić information content (AvgIpc) is 2.21. The van der Waals surface area contributed by atoms with Crippen LogP contribution in [-0.4, -0.2) is 17.4 Å². The molecule has 0 saturated carbocycles. The van der Waals surface area contributed by atoms with Crippen molar-refractivity contribution in [1.82, 2.24) is 0 Å². The van der Waals surface area contributed by atoms with Crippen LogP contribution in [0.4, 0.5) is 22.0 Å². The summed E-state index contributed by atoms with van der Waals surface area (Å²) in [4.78, 5) is 0. The molecule has 0 aliphatic rings. The van der Waals surface area contributed by atoms with Crippen molar-refractivity contribution >= 4 is 0 Å². The van der Waals surface area contributed by atoms with E-state index in [2.05, 4.69) is 0 Å². The highest BCUT2D eigenvalue weighted by atomic mass is 19.4. The molecule has 0 aliphatic carbocycles. The Hall–Kier alpha value is -1.17. The number of rotatable bonds is 5. The van der Waals surface area contributed by atoms with Crippen LogP contribution in [0.2, 0.25) is 0 Å². The van der Waals surface area contributed by atoms with Gasteiger partial charge < -0.3 is 5.11 Å². The molecule has 0 aliphatic heterocycles. The molecule has 0 fully saturated rings. The Morgan fingerprint density at radius 1 is 1.11 bits per heavy atom. The maximum absolute atomic E-state index is 12.8. The van der Waals surface area contributed by atoms with Crippen LogP contribution in [0.3, 0.4) is 0 Å². The van der Waals surface area contributed by atoms with Crippen molar-refractivity contribution in [3.8, 4) is 0 Å². The number of benzene rings is 1. The molecule has 1 unspecified atom stereocenters. The zero-order valence-corrected chi connectivity index (χ0v) is 9.47. The fourth-order valence-electron chi connectivity index (χ4n) is 1.58. The third kappa shape index (κ3) is 5.44. The smallest absolute Gasteiger partial charge is 0.389 e. The number of aliphatic hydroxyl groups excluding tert-OH is 1. The Labute approximate surface area is 101 Å². The van der Waals surface area contributed by atoms with Crippen LogP contribution in [0.25, 0.3) is 0 Å². The van der Waals surface area contributed by atoms with E-state index in [0.717, 1.165) is 12.1 Å². The molecule has 0 bridgehead atoms. The van der Waals surface area contributed by atoms with Crippen LogP contribution in [0.15, 0.2) is 18.2 Å². The lowest BCUT2D eigenvalue weighted by atomic mass is 10.0. The topological polar surface area (TPSA) is 20.2 Å². The van der Waals surface area contributed by atoms with Crippen molar-refractivity contribution in [3.05, 3.63) is 35.4 Å². The standard InChI is InChI=1S/C12H13F5O/c13-10-4-3-8(7-11(10)14)6-9(18)2-1-5-12(15,16)17/h3-4,7,9,18H,1-2,5-6H2. The summed E-state index contributed by atoms with van der Waals surface area (Å²) in [6.07, 6.45) is -6.39. The average molecular weight is 268 g/mol. The summed E-state index contributed by atoms with van der Waals surface area (Å²) in [5.41, 5.74) is 0.355. The lowest BCUT2D eigenvalue weighted by molar-refractivity contribution is -0.136. The zero-order chi connectivity index (χ0) is 13.8. The Morgan fingerprint density at radius 3 is 2.33 bits per heavy atom. The van der Waals surface area contributed by atoms with Crippen molar-refractivity contribution in [3.63, 3.8) is 0 Å². The normalized spacial score (nSPS) is 13.7. The van der Waals surface area contributed by atoms with Gasteiger partial charge in [0.05, 0.1) is 6.10 Å². The van der Waals surface area contributed by atoms with Crippen molar-refractivity contribution in [1.29, 1.82) is 0 Å². The zero-order valence-electron chi connectivity index (χ0n) is 9.47. The van der Waals surface area contributed by atoms with Crippen LogP contribution in [0, 0.1) is 11.6 Å². The van der Waals surface area contributed by atoms with Gasteiger partial charge in [-0.05, 0) is 37.0 Å². The molecule has 0 heterocycles. The number of hydrogen-bond acceptors (Lipinski definition) is 1. The molecule has 0 radical (unpaired) electrons. The molecule has 1 aromatic carbocycles. The summed E-state index contributed by atoms with van der Waals surface area (Å²) >= 11 is 0. The molecule has 1 rings (SSSR count). The lowest BCUT2D eigenvalue weighted by Crippen LogP contribution is -2.13. The predicted octanol–water partition coefficient (Wildman–Crippen LogP) is 3.60. The van der Waals surface area contributed by atoms with Crippen molar-refractivity contribution in [2.75, 3.05) is 0 Å². The molecular formula is C12H13F5O. The van der Waals surface area contributed by atoms with Crippen molar-refractivity contribution in [2.45, 2.75) is 38.0 Å². The fourth-order valence-corrected chi connectivity index (χ4v) is 1.58. The van der Waals surface area contributed by atoms with Gasteiger partial charge in [-0.25, -0.2) is 8.78 Å². The van der Waals surface area contributed by atoms with E-state index < -0.39 is 30.3 Å². The highest BCUT2D eigenvalue weighted by Crippen LogP contribution is 2.23. The first-order chi connectivity index (χ1) is 8.28. The number of halogens is 5. The van der Waals surface area contributed by atoms with Gasteiger partial charge in [0.2, 0.25) is 0 Å². The Kier molecular flexibility index (Phi) is 5.07. The van der Waals surface area contributed by atoms with Gasteiger partial charge in [-0.15, -0.1) is 0 Å². The van der Waals surface area contributed by atoms with Crippen LogP contribution < -0.4 is 0 Å². The Morgan fingerprint density at radius 2 is 1.78 bits per heavy atom. The van der Waals surface area contributed by atoms with Gasteiger partial charge in [0, 0.05) is 6.42 Å². The summed E-state index contributed by atoms with van der Waals surface area (Å²) in [5.74, 6) is -2.03.